The highest BCUT2D eigenvalue weighted by Crippen LogP contribution is 2.44. The molecule has 5 aromatic rings. The number of anilines is 1. The largest absolute Gasteiger partial charge is 0.497 e. The van der Waals surface area contributed by atoms with Gasteiger partial charge in [-0.25, -0.2) is 0 Å². The average Bonchev–Trinajstić information content (AvgIpc) is 3.62. The lowest BCUT2D eigenvalue weighted by Gasteiger charge is -2.12. The van der Waals surface area contributed by atoms with Gasteiger partial charge in [0, 0.05) is 24.2 Å². The van der Waals surface area contributed by atoms with E-state index in [0.717, 1.165) is 11.3 Å². The highest BCUT2D eigenvalue weighted by molar-refractivity contribution is 6.02. The van der Waals surface area contributed by atoms with Gasteiger partial charge in [-0.05, 0) is 60.5 Å². The van der Waals surface area contributed by atoms with Gasteiger partial charge in [0.25, 0.3) is 5.91 Å². The van der Waals surface area contributed by atoms with Crippen LogP contribution in [0.4, 0.5) is 5.69 Å². The topological polar surface area (TPSA) is 105 Å². The van der Waals surface area contributed by atoms with Gasteiger partial charge in [0.05, 0.1) is 31.7 Å². The van der Waals surface area contributed by atoms with Gasteiger partial charge < -0.3 is 23.9 Å². The Morgan fingerprint density at radius 1 is 0.925 bits per heavy atom. The zero-order chi connectivity index (χ0) is 28.2. The zero-order valence-corrected chi connectivity index (χ0v) is 22.4. The van der Waals surface area contributed by atoms with Crippen LogP contribution in [0.25, 0.3) is 28.1 Å². The van der Waals surface area contributed by atoms with E-state index in [0.29, 0.717) is 39.6 Å². The van der Waals surface area contributed by atoms with E-state index in [4.69, 9.17) is 23.7 Å². The summed E-state index contributed by atoms with van der Waals surface area (Å²) in [5.74, 6) is 0.752. The van der Waals surface area contributed by atoms with Gasteiger partial charge in [-0.3, -0.25) is 9.59 Å². The van der Waals surface area contributed by atoms with Crippen molar-refractivity contribution in [3.05, 3.63) is 96.4 Å². The minimum absolute atomic E-state index is 0.203. The van der Waals surface area contributed by atoms with Crippen molar-refractivity contribution in [3.8, 4) is 45.5 Å². The normalized spacial score (nSPS) is 10.7. The van der Waals surface area contributed by atoms with Crippen molar-refractivity contribution >= 4 is 17.6 Å². The summed E-state index contributed by atoms with van der Waals surface area (Å²) in [6, 6.07) is 23.5. The van der Waals surface area contributed by atoms with Crippen molar-refractivity contribution in [1.82, 2.24) is 9.78 Å². The van der Waals surface area contributed by atoms with Gasteiger partial charge >= 0.3 is 5.97 Å². The summed E-state index contributed by atoms with van der Waals surface area (Å²) in [6.07, 6.45) is 1.44. The second-order valence-corrected chi connectivity index (χ2v) is 8.90. The van der Waals surface area contributed by atoms with E-state index in [9.17, 15) is 9.59 Å². The third-order valence-electron chi connectivity index (χ3n) is 6.27. The molecule has 9 nitrogen and oxygen atoms in total. The molecule has 0 unspecified atom stereocenters. The lowest BCUT2D eigenvalue weighted by atomic mass is 10.00. The van der Waals surface area contributed by atoms with Gasteiger partial charge in [-0.15, -0.1) is 0 Å². The second-order valence-electron chi connectivity index (χ2n) is 8.90. The number of hydrogen-bond acceptors (Lipinski definition) is 7. The first kappa shape index (κ1) is 26.3. The molecule has 2 aromatic heterocycles. The standard InChI is InChI=1S/C31H27N3O6/c1-19-8-5-6-9-25(19)34-31(40-20(2)35)28(29(33-34)24-16-15-23(37-3)18-27(24)38-4)21-11-13-22(14-12-21)32-30(36)26-10-7-17-39-26/h5-18H,1-4H3,(H,32,36). The molecule has 0 aliphatic heterocycles. The Morgan fingerprint density at radius 3 is 2.35 bits per heavy atom. The van der Waals surface area contributed by atoms with Gasteiger partial charge in [-0.1, -0.05) is 30.3 Å². The Balaban J connectivity index is 1.69. The first-order valence-electron chi connectivity index (χ1n) is 12.4. The number of carbonyl (C=O) groups excluding carboxylic acids is 2. The number of para-hydroxylation sites is 1. The van der Waals surface area contributed by atoms with Crippen molar-refractivity contribution in [2.75, 3.05) is 19.5 Å². The molecule has 2 heterocycles. The van der Waals surface area contributed by atoms with Crippen LogP contribution in [-0.4, -0.2) is 35.9 Å². The van der Waals surface area contributed by atoms with Gasteiger partial charge in [0.2, 0.25) is 5.88 Å². The molecule has 0 radical (unpaired) electrons. The number of aryl methyl sites for hydroxylation is 1. The summed E-state index contributed by atoms with van der Waals surface area (Å²) in [5, 5.41) is 7.76. The molecule has 3 aromatic carbocycles. The first-order chi connectivity index (χ1) is 19.4. The minimum Gasteiger partial charge on any atom is -0.497 e. The highest BCUT2D eigenvalue weighted by atomic mass is 16.5. The zero-order valence-electron chi connectivity index (χ0n) is 22.4. The number of hydrogen-bond donors (Lipinski definition) is 1. The van der Waals surface area contributed by atoms with Crippen molar-refractivity contribution in [2.45, 2.75) is 13.8 Å². The number of methoxy groups -OCH3 is 2. The maximum absolute atomic E-state index is 12.5. The number of carbonyl (C=O) groups is 2. The Labute approximate surface area is 230 Å². The molecule has 0 spiro atoms. The molecule has 0 aliphatic carbocycles. The van der Waals surface area contributed by atoms with Crippen LogP contribution in [0, 0.1) is 6.92 Å². The lowest BCUT2D eigenvalue weighted by Crippen LogP contribution is -2.10. The van der Waals surface area contributed by atoms with E-state index >= 15 is 0 Å². The molecule has 0 bridgehead atoms. The van der Waals surface area contributed by atoms with Crippen LogP contribution < -0.4 is 19.5 Å². The lowest BCUT2D eigenvalue weighted by molar-refractivity contribution is -0.132. The van der Waals surface area contributed by atoms with E-state index in [1.54, 1.807) is 49.2 Å². The third-order valence-corrected chi connectivity index (χ3v) is 6.27. The number of nitrogens with zero attached hydrogens (tertiary/aromatic N) is 2. The summed E-state index contributed by atoms with van der Waals surface area (Å²) in [7, 11) is 3.15. The summed E-state index contributed by atoms with van der Waals surface area (Å²) in [6.45, 7) is 3.30. The fourth-order valence-corrected chi connectivity index (χ4v) is 4.36. The number of aromatic nitrogens is 2. The van der Waals surface area contributed by atoms with E-state index in [2.05, 4.69) is 5.32 Å². The molecule has 0 atom stereocenters. The third kappa shape index (κ3) is 5.17. The first-order valence-corrected chi connectivity index (χ1v) is 12.4. The average molecular weight is 538 g/mol. The van der Waals surface area contributed by atoms with Crippen molar-refractivity contribution < 1.29 is 28.2 Å². The molecular formula is C31H27N3O6. The smallest absolute Gasteiger partial charge is 0.309 e. The number of nitrogens with one attached hydrogen (secondary N) is 1. The van der Waals surface area contributed by atoms with Gasteiger partial charge in [0.15, 0.2) is 5.76 Å². The molecular weight excluding hydrogens is 510 g/mol. The summed E-state index contributed by atoms with van der Waals surface area (Å²) in [4.78, 5) is 24.8. The van der Waals surface area contributed by atoms with Crippen LogP contribution in [0.2, 0.25) is 0 Å². The predicted octanol–water partition coefficient (Wildman–Crippen LogP) is 6.30. The minimum atomic E-state index is -0.494. The predicted molar refractivity (Wildman–Crippen MR) is 150 cm³/mol. The molecule has 9 heteroatoms. The molecule has 0 fully saturated rings. The van der Waals surface area contributed by atoms with E-state index in [1.807, 2.05) is 55.5 Å². The van der Waals surface area contributed by atoms with Crippen LogP contribution in [0.3, 0.4) is 0 Å². The summed E-state index contributed by atoms with van der Waals surface area (Å²) in [5.41, 5.74) is 4.75. The molecule has 0 aliphatic rings. The van der Waals surface area contributed by atoms with E-state index < -0.39 is 5.97 Å². The molecule has 202 valence electrons. The number of amides is 1. The van der Waals surface area contributed by atoms with Crippen molar-refractivity contribution in [3.63, 3.8) is 0 Å². The number of furan rings is 1. The Morgan fingerprint density at radius 2 is 1.70 bits per heavy atom. The van der Waals surface area contributed by atoms with E-state index in [-0.39, 0.29) is 17.5 Å². The van der Waals surface area contributed by atoms with Crippen molar-refractivity contribution in [2.24, 2.45) is 0 Å². The molecule has 5 rings (SSSR count). The fraction of sp³-hybridized carbons (Fsp3) is 0.129. The van der Waals surface area contributed by atoms with Crippen LogP contribution >= 0.6 is 0 Å². The molecule has 1 amide bonds. The van der Waals surface area contributed by atoms with E-state index in [1.165, 1.54) is 13.2 Å². The van der Waals surface area contributed by atoms with Crippen LogP contribution in [0.15, 0.2) is 89.5 Å². The highest BCUT2D eigenvalue weighted by Gasteiger charge is 2.27. The van der Waals surface area contributed by atoms with Crippen molar-refractivity contribution in [1.29, 1.82) is 0 Å². The Hall–Kier alpha value is -5.31. The Bertz CT molecular complexity index is 1670. The van der Waals surface area contributed by atoms with Crippen LogP contribution in [0.1, 0.15) is 23.0 Å². The fourth-order valence-electron chi connectivity index (χ4n) is 4.36. The monoisotopic (exact) mass is 537 g/mol. The van der Waals surface area contributed by atoms with Gasteiger partial charge in [0.1, 0.15) is 17.2 Å². The second kappa shape index (κ2) is 11.2. The van der Waals surface area contributed by atoms with Crippen LogP contribution in [-0.2, 0) is 4.79 Å². The summed E-state index contributed by atoms with van der Waals surface area (Å²) >= 11 is 0. The molecule has 1 N–H and O–H groups in total. The SMILES string of the molecule is COc1ccc(-c2nn(-c3ccccc3C)c(OC(C)=O)c2-c2ccc(NC(=O)c3ccco3)cc2)c(OC)c1. The number of benzene rings is 3. The quantitative estimate of drug-likeness (QED) is 0.232. The number of rotatable bonds is 8. The Kier molecular flexibility index (Phi) is 7.37. The molecule has 40 heavy (non-hydrogen) atoms. The maximum Gasteiger partial charge on any atom is 0.309 e. The van der Waals surface area contributed by atoms with Gasteiger partial charge in [-0.2, -0.15) is 9.78 Å². The van der Waals surface area contributed by atoms with Crippen LogP contribution in [0.5, 0.6) is 17.4 Å². The number of ether oxygens (including phenoxy) is 3. The number of esters is 1. The molecule has 0 saturated heterocycles. The maximum atomic E-state index is 12.5. The summed E-state index contributed by atoms with van der Waals surface area (Å²) < 4.78 is 23.7. The molecule has 0 saturated carbocycles.